The van der Waals surface area contributed by atoms with Gasteiger partial charge in [-0.3, -0.25) is 9.10 Å². The number of primary amides is 1. The number of hydrogen-bond acceptors (Lipinski definition) is 4. The molecule has 0 aliphatic carbocycles. The van der Waals surface area contributed by atoms with E-state index in [0.717, 1.165) is 0 Å². The van der Waals surface area contributed by atoms with Crippen LogP contribution in [0.3, 0.4) is 0 Å². The van der Waals surface area contributed by atoms with Gasteiger partial charge in [-0.2, -0.15) is 0 Å². The number of carbonyl (C=O) groups is 1. The normalized spacial score (nSPS) is 11.0. The fourth-order valence-electron chi connectivity index (χ4n) is 1.80. The van der Waals surface area contributed by atoms with Crippen LogP contribution in [0.4, 0.5) is 5.69 Å². The zero-order valence-electron chi connectivity index (χ0n) is 12.0. The van der Waals surface area contributed by atoms with Crippen LogP contribution in [0.15, 0.2) is 59.5 Å². The van der Waals surface area contributed by atoms with Crippen molar-refractivity contribution in [2.75, 3.05) is 18.0 Å². The molecule has 6 nitrogen and oxygen atoms in total. The van der Waals surface area contributed by atoms with Crippen LogP contribution < -0.4 is 14.8 Å². The molecule has 0 fully saturated rings. The van der Waals surface area contributed by atoms with E-state index in [4.69, 9.17) is 10.5 Å². The summed E-state index contributed by atoms with van der Waals surface area (Å²) in [4.78, 5) is 10.9. The zero-order valence-corrected chi connectivity index (χ0v) is 12.8. The summed E-state index contributed by atoms with van der Waals surface area (Å²) in [5.74, 6) is -0.138. The molecule has 7 heteroatoms. The van der Waals surface area contributed by atoms with Crippen LogP contribution in [-0.4, -0.2) is 28.0 Å². The van der Waals surface area contributed by atoms with Crippen molar-refractivity contribution in [3.8, 4) is 5.75 Å². The van der Waals surface area contributed by atoms with Gasteiger partial charge >= 0.3 is 0 Å². The van der Waals surface area contributed by atoms with Gasteiger partial charge < -0.3 is 10.5 Å². The molecule has 1 amide bonds. The Labute approximate surface area is 129 Å². The fraction of sp³-hybridized carbons (Fsp3) is 0.133. The first-order valence-corrected chi connectivity index (χ1v) is 7.90. The van der Waals surface area contributed by atoms with Crippen LogP contribution in [0, 0.1) is 0 Å². The molecule has 0 saturated carbocycles. The second-order valence-electron chi connectivity index (χ2n) is 4.53. The van der Waals surface area contributed by atoms with Crippen molar-refractivity contribution in [3.63, 3.8) is 0 Å². The Hall–Kier alpha value is -2.54. The van der Waals surface area contributed by atoms with Gasteiger partial charge in [-0.15, -0.1) is 0 Å². The lowest BCUT2D eigenvalue weighted by Gasteiger charge is -2.19. The van der Waals surface area contributed by atoms with Crippen LogP contribution in [0.2, 0.25) is 0 Å². The largest absolute Gasteiger partial charge is 0.484 e. The van der Waals surface area contributed by atoms with Crippen molar-refractivity contribution < 1.29 is 17.9 Å². The molecular weight excluding hydrogens is 304 g/mol. The molecule has 0 aliphatic rings. The number of ether oxygens (including phenoxy) is 1. The van der Waals surface area contributed by atoms with Crippen LogP contribution in [-0.2, 0) is 14.8 Å². The maximum absolute atomic E-state index is 12.5. The molecule has 0 aromatic heterocycles. The molecule has 2 aromatic rings. The third-order valence-electron chi connectivity index (χ3n) is 2.98. The van der Waals surface area contributed by atoms with Crippen LogP contribution >= 0.6 is 0 Å². The number of sulfonamides is 1. The number of nitrogens with two attached hydrogens (primary N) is 1. The molecule has 0 spiro atoms. The highest BCUT2D eigenvalue weighted by Crippen LogP contribution is 2.24. The first-order chi connectivity index (χ1) is 10.4. The Morgan fingerprint density at radius 2 is 1.68 bits per heavy atom. The topological polar surface area (TPSA) is 89.7 Å². The Balaban J connectivity index is 2.19. The van der Waals surface area contributed by atoms with E-state index >= 15 is 0 Å². The molecule has 22 heavy (non-hydrogen) atoms. The third kappa shape index (κ3) is 3.56. The van der Waals surface area contributed by atoms with E-state index in [1.54, 1.807) is 42.5 Å². The lowest BCUT2D eigenvalue weighted by molar-refractivity contribution is -0.119. The maximum atomic E-state index is 12.5. The van der Waals surface area contributed by atoms with E-state index in [9.17, 15) is 13.2 Å². The number of nitrogens with zero attached hydrogens (tertiary/aromatic N) is 1. The van der Waals surface area contributed by atoms with Gasteiger partial charge in [0.2, 0.25) is 0 Å². The molecule has 0 unspecified atom stereocenters. The average molecular weight is 320 g/mol. The van der Waals surface area contributed by atoms with Gasteiger partial charge in [-0.1, -0.05) is 18.2 Å². The third-order valence-corrected chi connectivity index (χ3v) is 4.78. The summed E-state index contributed by atoms with van der Waals surface area (Å²) in [6, 6.07) is 14.5. The molecule has 2 N–H and O–H groups in total. The van der Waals surface area contributed by atoms with Crippen LogP contribution in [0.1, 0.15) is 0 Å². The molecule has 2 rings (SSSR count). The quantitative estimate of drug-likeness (QED) is 0.870. The Morgan fingerprint density at radius 1 is 1.09 bits per heavy atom. The monoisotopic (exact) mass is 320 g/mol. The number of rotatable bonds is 6. The summed E-state index contributed by atoms with van der Waals surface area (Å²) in [7, 11) is -2.14. The highest BCUT2D eigenvalue weighted by atomic mass is 32.2. The lowest BCUT2D eigenvalue weighted by Crippen LogP contribution is -2.26. The number of benzene rings is 2. The van der Waals surface area contributed by atoms with E-state index in [2.05, 4.69) is 0 Å². The highest BCUT2D eigenvalue weighted by Gasteiger charge is 2.20. The van der Waals surface area contributed by atoms with Crippen molar-refractivity contribution in [2.24, 2.45) is 5.73 Å². The molecule has 116 valence electrons. The van der Waals surface area contributed by atoms with E-state index in [1.165, 1.54) is 23.5 Å². The van der Waals surface area contributed by atoms with Crippen LogP contribution in [0.25, 0.3) is 0 Å². The molecular formula is C15H16N2O4S. The van der Waals surface area contributed by atoms with Crippen molar-refractivity contribution in [3.05, 3.63) is 54.6 Å². The summed E-state index contributed by atoms with van der Waals surface area (Å²) in [6.07, 6.45) is 0. The number of anilines is 1. The van der Waals surface area contributed by atoms with Gasteiger partial charge in [0.15, 0.2) is 6.61 Å². The molecule has 0 radical (unpaired) electrons. The average Bonchev–Trinajstić information content (AvgIpc) is 2.53. The molecule has 0 aliphatic heterocycles. The minimum absolute atomic E-state index is 0.214. The SMILES string of the molecule is CN(c1ccc(OCC(N)=O)cc1)S(=O)(=O)c1ccccc1. The Bertz CT molecular complexity index is 743. The Kier molecular flexibility index (Phi) is 4.67. The number of hydrogen-bond donors (Lipinski definition) is 1. The fourth-order valence-corrected chi connectivity index (χ4v) is 3.01. The van der Waals surface area contributed by atoms with E-state index < -0.39 is 15.9 Å². The van der Waals surface area contributed by atoms with Gasteiger partial charge in [0.25, 0.3) is 15.9 Å². The summed E-state index contributed by atoms with van der Waals surface area (Å²) in [5.41, 5.74) is 5.47. The number of carbonyl (C=O) groups excluding carboxylic acids is 1. The predicted octanol–water partition coefficient (Wildman–Crippen LogP) is 1.38. The minimum atomic E-state index is -3.61. The number of amides is 1. The predicted molar refractivity (Wildman–Crippen MR) is 83.2 cm³/mol. The standard InChI is InChI=1S/C15H16N2O4S/c1-17(22(19,20)14-5-3-2-4-6-14)12-7-9-13(10-8-12)21-11-15(16)18/h2-10H,11H2,1H3,(H2,16,18). The maximum Gasteiger partial charge on any atom is 0.264 e. The molecule has 0 bridgehead atoms. The van der Waals surface area contributed by atoms with Gasteiger partial charge in [-0.05, 0) is 36.4 Å². The first kappa shape index (κ1) is 15.8. The van der Waals surface area contributed by atoms with Crippen molar-refractivity contribution in [1.82, 2.24) is 0 Å². The van der Waals surface area contributed by atoms with Gasteiger partial charge in [0.05, 0.1) is 10.6 Å². The molecule has 0 atom stereocenters. The highest BCUT2D eigenvalue weighted by molar-refractivity contribution is 7.92. The molecule has 2 aromatic carbocycles. The van der Waals surface area contributed by atoms with Gasteiger partial charge in [-0.25, -0.2) is 8.42 Å². The van der Waals surface area contributed by atoms with E-state index in [-0.39, 0.29) is 11.5 Å². The molecule has 0 heterocycles. The second kappa shape index (κ2) is 6.48. The molecule has 0 saturated heterocycles. The summed E-state index contributed by atoms with van der Waals surface area (Å²) in [6.45, 7) is -0.225. The van der Waals surface area contributed by atoms with Crippen LogP contribution in [0.5, 0.6) is 5.75 Å². The lowest BCUT2D eigenvalue weighted by atomic mass is 10.3. The Morgan fingerprint density at radius 3 is 2.23 bits per heavy atom. The van der Waals surface area contributed by atoms with Gasteiger partial charge in [0.1, 0.15) is 5.75 Å². The second-order valence-corrected chi connectivity index (χ2v) is 6.50. The first-order valence-electron chi connectivity index (χ1n) is 6.46. The zero-order chi connectivity index (χ0) is 16.2. The summed E-state index contributed by atoms with van der Waals surface area (Å²) in [5, 5.41) is 0. The van der Waals surface area contributed by atoms with E-state index in [1.807, 2.05) is 0 Å². The smallest absolute Gasteiger partial charge is 0.264 e. The van der Waals surface area contributed by atoms with Crippen molar-refractivity contribution in [1.29, 1.82) is 0 Å². The van der Waals surface area contributed by atoms with E-state index in [0.29, 0.717) is 11.4 Å². The summed E-state index contributed by atoms with van der Waals surface area (Å²) >= 11 is 0. The van der Waals surface area contributed by atoms with Gasteiger partial charge in [0, 0.05) is 7.05 Å². The van der Waals surface area contributed by atoms with Crippen molar-refractivity contribution >= 4 is 21.6 Å². The van der Waals surface area contributed by atoms with Crippen molar-refractivity contribution in [2.45, 2.75) is 4.90 Å². The summed E-state index contributed by atoms with van der Waals surface area (Å²) < 4.78 is 31.2. The minimum Gasteiger partial charge on any atom is -0.484 e.